The lowest BCUT2D eigenvalue weighted by Crippen LogP contribution is -2.58. The minimum absolute atomic E-state index is 0.00410. The first-order valence-corrected chi connectivity index (χ1v) is 24.2. The molecule has 18 nitrogen and oxygen atoms in total. The summed E-state index contributed by atoms with van der Waals surface area (Å²) in [4.78, 5) is 108. The Morgan fingerprint density at radius 1 is 0.819 bits per heavy atom. The van der Waals surface area contributed by atoms with Crippen LogP contribution in [-0.4, -0.2) is 121 Å². The number of carbonyl (C=O) groups is 8. The van der Waals surface area contributed by atoms with Crippen LogP contribution in [-0.2, 0) is 75.3 Å². The van der Waals surface area contributed by atoms with Crippen LogP contribution < -0.4 is 37.6 Å². The highest BCUT2D eigenvalue weighted by molar-refractivity contribution is 5.97. The van der Waals surface area contributed by atoms with Gasteiger partial charge in [0.25, 0.3) is 0 Å². The number of ether oxygens (including phenoxy) is 1. The van der Waals surface area contributed by atoms with E-state index in [0.717, 1.165) is 40.0 Å². The lowest BCUT2D eigenvalue weighted by atomic mass is 9.74. The molecule has 6 rings (SSSR count). The number of benzene rings is 4. The molecule has 4 aromatic rings. The van der Waals surface area contributed by atoms with E-state index in [4.69, 9.17) is 10.5 Å². The molecule has 0 aliphatic carbocycles. The summed E-state index contributed by atoms with van der Waals surface area (Å²) in [7, 11) is 0. The first-order chi connectivity index (χ1) is 34.7. The van der Waals surface area contributed by atoms with Crippen molar-refractivity contribution in [3.8, 4) is 11.1 Å². The molecule has 18 heteroatoms. The number of piperidine rings is 1. The van der Waals surface area contributed by atoms with Crippen molar-refractivity contribution in [1.82, 2.24) is 36.8 Å². The fourth-order valence-corrected chi connectivity index (χ4v) is 8.92. The Hall–Kier alpha value is -7.70. The van der Waals surface area contributed by atoms with Crippen LogP contribution in [0.25, 0.3) is 11.1 Å². The van der Waals surface area contributed by atoms with Gasteiger partial charge >= 0.3 is 5.97 Å². The van der Waals surface area contributed by atoms with E-state index >= 15 is 0 Å². The second kappa shape index (κ2) is 26.5. The van der Waals surface area contributed by atoms with Crippen LogP contribution in [0.5, 0.6) is 0 Å². The summed E-state index contributed by atoms with van der Waals surface area (Å²) in [6.07, 6.45) is 3.51. The summed E-state index contributed by atoms with van der Waals surface area (Å²) < 4.78 is 5.37. The van der Waals surface area contributed by atoms with E-state index in [1.54, 1.807) is 41.3 Å². The molecule has 0 unspecified atom stereocenters. The molecule has 0 aromatic heterocycles. The first kappa shape index (κ1) is 53.6. The summed E-state index contributed by atoms with van der Waals surface area (Å²) in [6.45, 7) is 2.63. The maximum Gasteiger partial charge on any atom is 0.326 e. The van der Waals surface area contributed by atoms with E-state index in [2.05, 4.69) is 31.9 Å². The van der Waals surface area contributed by atoms with Crippen molar-refractivity contribution in [1.29, 1.82) is 0 Å². The van der Waals surface area contributed by atoms with Crippen LogP contribution in [0.2, 0.25) is 0 Å². The van der Waals surface area contributed by atoms with Gasteiger partial charge in [-0.1, -0.05) is 103 Å². The van der Waals surface area contributed by atoms with E-state index in [1.807, 2.05) is 66.7 Å². The molecule has 4 aromatic carbocycles. The summed E-state index contributed by atoms with van der Waals surface area (Å²) >= 11 is 0. The van der Waals surface area contributed by atoms with Crippen LogP contribution in [0.3, 0.4) is 0 Å². The number of amides is 7. The normalized spacial score (nSPS) is 20.1. The number of rotatable bonds is 15. The van der Waals surface area contributed by atoms with Crippen molar-refractivity contribution in [2.75, 3.05) is 45.9 Å². The molecule has 7 amide bonds. The van der Waals surface area contributed by atoms with Crippen molar-refractivity contribution < 1.29 is 48.2 Å². The third-order valence-electron chi connectivity index (χ3n) is 12.7. The minimum atomic E-state index is -1.16. The van der Waals surface area contributed by atoms with Crippen molar-refractivity contribution >= 4 is 47.3 Å². The summed E-state index contributed by atoms with van der Waals surface area (Å²) in [6, 6.07) is 28.2. The van der Waals surface area contributed by atoms with Gasteiger partial charge in [0, 0.05) is 71.2 Å². The highest BCUT2D eigenvalue weighted by atomic mass is 16.5. The molecule has 2 bridgehead atoms. The molecule has 9 N–H and O–H groups in total. The molecular weight excluding hydrogens is 921 g/mol. The van der Waals surface area contributed by atoms with E-state index in [0.29, 0.717) is 43.7 Å². The van der Waals surface area contributed by atoms with E-state index in [-0.39, 0.29) is 64.9 Å². The Bertz CT molecular complexity index is 2570. The van der Waals surface area contributed by atoms with Crippen LogP contribution in [0.1, 0.15) is 54.0 Å². The molecule has 0 radical (unpaired) electrons. The molecule has 380 valence electrons. The van der Waals surface area contributed by atoms with Gasteiger partial charge in [-0.3, -0.25) is 33.6 Å². The lowest BCUT2D eigenvalue weighted by Gasteiger charge is -2.42. The molecule has 4 atom stereocenters. The fraction of sp³-hybridized carbons (Fsp3) is 0.370. The van der Waals surface area contributed by atoms with Gasteiger partial charge in [0.05, 0.1) is 25.0 Å². The average Bonchev–Trinajstić information content (AvgIpc) is 3.37. The molecule has 0 saturated carbocycles. The molecule has 72 heavy (non-hydrogen) atoms. The van der Waals surface area contributed by atoms with Crippen molar-refractivity contribution in [3.05, 3.63) is 143 Å². The summed E-state index contributed by atoms with van der Waals surface area (Å²) in [5.74, 6) is -4.49. The zero-order valence-electron chi connectivity index (χ0n) is 40.5. The molecule has 2 heterocycles. The van der Waals surface area contributed by atoms with Gasteiger partial charge in [-0.15, -0.1) is 0 Å². The minimum Gasteiger partial charge on any atom is -0.480 e. The number of nitrogens with one attached hydrogen (secondary N) is 6. The smallest absolute Gasteiger partial charge is 0.326 e. The maximum atomic E-state index is 15.0. The molecule has 2 aliphatic rings. The number of carboxylic acids is 1. The van der Waals surface area contributed by atoms with Crippen molar-refractivity contribution in [2.24, 2.45) is 11.1 Å². The standard InChI is InChI=1S/C54H64N8O10/c1-36(63)59-46(52(69)70)31-38-14-18-41(19-15-38)40-16-12-37(13-17-40)30-45-51(68)58-34-43-11-6-5-10-42(43)32-48(65)60-44(50(67)57-26-29-72-28-24-55)22-25-56-47(64)20-21-49(66)62-27-7-23-54(35-62,53(71)61-45)33-39-8-3-2-4-9-39/h2-6,8-21,44-46H,7,22-35,55H2,1H3,(H,56,64)(H,57,67)(H,58,68)(H,59,63)(H,60,65)(H,61,71)(H,69,70)/b21-20+/t44-,45-,46-,54-/m0/s1. The fourth-order valence-electron chi connectivity index (χ4n) is 8.92. The van der Waals surface area contributed by atoms with E-state index < -0.39 is 70.9 Å². The number of aliphatic carboxylic acids is 1. The van der Waals surface area contributed by atoms with Crippen LogP contribution in [0.4, 0.5) is 0 Å². The van der Waals surface area contributed by atoms with Crippen LogP contribution in [0, 0.1) is 5.41 Å². The van der Waals surface area contributed by atoms with Gasteiger partial charge in [-0.05, 0) is 64.6 Å². The SMILES string of the molecule is CC(=O)N[C@@H](Cc1ccc(-c2ccc(C[C@@H]3NC(=O)[C@]4(Cc5ccccc5)CCCN(C4)C(=O)/C=C/C(=O)NCC[C@@H](C(=O)NCCOCCN)NC(=O)Cc4ccccc4CNC3=O)cc2)cc1)C(=O)O. The molecule has 2 aliphatic heterocycles. The highest BCUT2D eigenvalue weighted by Crippen LogP contribution is 2.35. The van der Waals surface area contributed by atoms with Gasteiger partial charge in [0.15, 0.2) is 0 Å². The first-order valence-electron chi connectivity index (χ1n) is 24.2. The number of hydrogen-bond acceptors (Lipinski definition) is 10. The third-order valence-corrected chi connectivity index (χ3v) is 12.7. The quantitative estimate of drug-likeness (QED) is 0.0798. The number of hydrogen-bond donors (Lipinski definition) is 8. The monoisotopic (exact) mass is 984 g/mol. The topological polar surface area (TPSA) is 267 Å². The highest BCUT2D eigenvalue weighted by Gasteiger charge is 2.44. The molecule has 1 fully saturated rings. The summed E-state index contributed by atoms with van der Waals surface area (Å²) in [5, 5.41) is 26.4. The van der Waals surface area contributed by atoms with Crippen molar-refractivity contribution in [2.45, 2.75) is 76.5 Å². The second-order valence-corrected chi connectivity index (χ2v) is 18.1. The molecule has 0 spiro atoms. The van der Waals surface area contributed by atoms with E-state index in [9.17, 15) is 43.5 Å². The van der Waals surface area contributed by atoms with Crippen LogP contribution >= 0.6 is 0 Å². The Kier molecular flexibility index (Phi) is 19.7. The maximum absolute atomic E-state index is 15.0. The third kappa shape index (κ3) is 15.9. The zero-order chi connectivity index (χ0) is 51.5. The van der Waals surface area contributed by atoms with Gasteiger partial charge < -0.3 is 52.4 Å². The van der Waals surface area contributed by atoms with Gasteiger partial charge in [-0.2, -0.15) is 0 Å². The Morgan fingerprint density at radius 2 is 1.50 bits per heavy atom. The average molecular weight is 985 g/mol. The predicted molar refractivity (Wildman–Crippen MR) is 268 cm³/mol. The zero-order valence-corrected chi connectivity index (χ0v) is 40.5. The Balaban J connectivity index is 1.28. The summed E-state index contributed by atoms with van der Waals surface area (Å²) in [5.41, 5.74) is 9.58. The predicted octanol–water partition coefficient (Wildman–Crippen LogP) is 1.88. The van der Waals surface area contributed by atoms with Gasteiger partial charge in [0.1, 0.15) is 18.1 Å². The molecule has 1 saturated heterocycles. The van der Waals surface area contributed by atoms with Gasteiger partial charge in [-0.25, -0.2) is 4.79 Å². The Morgan fingerprint density at radius 3 is 2.18 bits per heavy atom. The number of nitrogens with zero attached hydrogens (tertiary/aromatic N) is 1. The Labute approximate surface area is 418 Å². The second-order valence-electron chi connectivity index (χ2n) is 18.1. The number of nitrogens with two attached hydrogens (primary N) is 1. The number of carbonyl (C=O) groups excluding carboxylic acids is 7. The molecular formula is C54H64N8O10. The van der Waals surface area contributed by atoms with Gasteiger partial charge in [0.2, 0.25) is 41.4 Å². The van der Waals surface area contributed by atoms with Crippen LogP contribution in [0.15, 0.2) is 115 Å². The lowest BCUT2D eigenvalue weighted by molar-refractivity contribution is -0.142. The van der Waals surface area contributed by atoms with Crippen molar-refractivity contribution in [3.63, 3.8) is 0 Å². The number of fused-ring (bicyclic) bond motifs is 3. The van der Waals surface area contributed by atoms with E-state index in [1.165, 1.54) is 6.92 Å². The largest absolute Gasteiger partial charge is 0.480 e. The number of carboxylic acid groups (broad SMARTS) is 1.